The van der Waals surface area contributed by atoms with Gasteiger partial charge in [0.15, 0.2) is 0 Å². The molecular weight excluding hydrogens is 258 g/mol. The summed E-state index contributed by atoms with van der Waals surface area (Å²) in [7, 11) is 1.99. The van der Waals surface area contributed by atoms with Crippen LogP contribution in [0.25, 0.3) is 10.9 Å². The van der Waals surface area contributed by atoms with Gasteiger partial charge in [-0.1, -0.05) is 44.4 Å². The Balaban J connectivity index is 1.95. The van der Waals surface area contributed by atoms with E-state index >= 15 is 0 Å². The zero-order valence-electron chi connectivity index (χ0n) is 13.0. The van der Waals surface area contributed by atoms with Crippen LogP contribution in [0.5, 0.6) is 0 Å². The van der Waals surface area contributed by atoms with Crippen molar-refractivity contribution in [2.45, 2.75) is 45.4 Å². The van der Waals surface area contributed by atoms with Crippen molar-refractivity contribution in [1.29, 1.82) is 5.26 Å². The van der Waals surface area contributed by atoms with Crippen LogP contribution in [0.2, 0.25) is 0 Å². The average Bonchev–Trinajstić information content (AvgIpc) is 2.84. The van der Waals surface area contributed by atoms with Crippen molar-refractivity contribution >= 4 is 10.9 Å². The van der Waals surface area contributed by atoms with Crippen LogP contribution >= 0.6 is 0 Å². The van der Waals surface area contributed by atoms with E-state index in [0.29, 0.717) is 5.92 Å². The Kier molecular flexibility index (Phi) is 3.71. The predicted molar refractivity (Wildman–Crippen MR) is 84.7 cm³/mol. The lowest BCUT2D eigenvalue weighted by atomic mass is 9.67. The number of benzene rings is 1. The van der Waals surface area contributed by atoms with E-state index in [0.717, 1.165) is 30.5 Å². The summed E-state index contributed by atoms with van der Waals surface area (Å²) in [4.78, 5) is 0. The van der Waals surface area contributed by atoms with Crippen LogP contribution in [0.3, 0.4) is 0 Å². The molecule has 2 atom stereocenters. The van der Waals surface area contributed by atoms with E-state index in [4.69, 9.17) is 5.10 Å². The van der Waals surface area contributed by atoms with Crippen LogP contribution in [0.15, 0.2) is 24.3 Å². The van der Waals surface area contributed by atoms with Gasteiger partial charge in [0.2, 0.25) is 0 Å². The molecule has 1 saturated carbocycles. The lowest BCUT2D eigenvalue weighted by Crippen LogP contribution is -2.29. The number of para-hydroxylation sites is 1. The molecule has 0 saturated heterocycles. The maximum Gasteiger partial charge on any atom is 0.0719 e. The maximum atomic E-state index is 9.81. The molecule has 1 fully saturated rings. The van der Waals surface area contributed by atoms with Gasteiger partial charge in [0.1, 0.15) is 0 Å². The highest BCUT2D eigenvalue weighted by Crippen LogP contribution is 2.43. The Morgan fingerprint density at radius 3 is 3.00 bits per heavy atom. The van der Waals surface area contributed by atoms with Crippen LogP contribution in [-0.4, -0.2) is 9.78 Å². The maximum absolute atomic E-state index is 9.81. The van der Waals surface area contributed by atoms with E-state index in [1.807, 2.05) is 17.8 Å². The van der Waals surface area contributed by atoms with Crippen molar-refractivity contribution in [3.63, 3.8) is 0 Å². The van der Waals surface area contributed by atoms with E-state index in [1.54, 1.807) is 0 Å². The largest absolute Gasteiger partial charge is 0.268 e. The first kappa shape index (κ1) is 14.1. The van der Waals surface area contributed by atoms with Gasteiger partial charge in [0, 0.05) is 18.9 Å². The number of nitriles is 1. The highest BCUT2D eigenvalue weighted by atomic mass is 15.3. The van der Waals surface area contributed by atoms with Crippen LogP contribution in [0, 0.1) is 22.7 Å². The topological polar surface area (TPSA) is 41.6 Å². The quantitative estimate of drug-likeness (QED) is 0.845. The molecule has 1 heterocycles. The Morgan fingerprint density at radius 1 is 1.43 bits per heavy atom. The third-order valence-corrected chi connectivity index (χ3v) is 5.10. The van der Waals surface area contributed by atoms with Gasteiger partial charge in [0.05, 0.1) is 22.7 Å². The summed E-state index contributed by atoms with van der Waals surface area (Å²) in [6.07, 6.45) is 6.49. The third kappa shape index (κ3) is 2.55. The van der Waals surface area contributed by atoms with Gasteiger partial charge in [-0.05, 0) is 24.8 Å². The highest BCUT2D eigenvalue weighted by molar-refractivity contribution is 5.81. The van der Waals surface area contributed by atoms with E-state index in [9.17, 15) is 5.26 Å². The minimum absolute atomic E-state index is 0.212. The number of aryl methyl sites for hydroxylation is 1. The zero-order chi connectivity index (χ0) is 14.9. The summed E-state index contributed by atoms with van der Waals surface area (Å²) in [5.41, 5.74) is 2.03. The molecule has 3 rings (SSSR count). The first-order chi connectivity index (χ1) is 10.2. The summed E-state index contributed by atoms with van der Waals surface area (Å²) in [6.45, 7) is 2.24. The van der Waals surface area contributed by atoms with Gasteiger partial charge in [0.25, 0.3) is 0 Å². The molecule has 0 bridgehead atoms. The molecule has 21 heavy (non-hydrogen) atoms. The zero-order valence-corrected chi connectivity index (χ0v) is 13.0. The molecule has 0 radical (unpaired) electrons. The average molecular weight is 281 g/mol. The molecule has 1 aromatic carbocycles. The second kappa shape index (κ2) is 5.52. The predicted octanol–water partition coefficient (Wildman–Crippen LogP) is 4.23. The number of aromatic nitrogens is 2. The Labute approximate surface area is 126 Å². The fourth-order valence-electron chi connectivity index (χ4n) is 3.88. The van der Waals surface area contributed by atoms with E-state index in [-0.39, 0.29) is 5.41 Å². The second-order valence-electron chi connectivity index (χ2n) is 6.53. The monoisotopic (exact) mass is 281 g/mol. The van der Waals surface area contributed by atoms with Gasteiger partial charge in [-0.15, -0.1) is 0 Å². The fourth-order valence-corrected chi connectivity index (χ4v) is 3.88. The molecule has 0 N–H and O–H groups in total. The van der Waals surface area contributed by atoms with Gasteiger partial charge < -0.3 is 0 Å². The van der Waals surface area contributed by atoms with Crippen LogP contribution in [0.4, 0.5) is 0 Å². The molecule has 1 aliphatic carbocycles. The van der Waals surface area contributed by atoms with E-state index in [2.05, 4.69) is 31.2 Å². The first-order valence-corrected chi connectivity index (χ1v) is 7.99. The van der Waals surface area contributed by atoms with E-state index in [1.165, 1.54) is 24.6 Å². The number of fused-ring (bicyclic) bond motifs is 1. The normalized spacial score (nSPS) is 25.9. The summed E-state index contributed by atoms with van der Waals surface area (Å²) < 4.78 is 1.94. The summed E-state index contributed by atoms with van der Waals surface area (Å²) in [6, 6.07) is 11.0. The SMILES string of the molecule is CCC1CCCC(C#N)(Cc2nn(C)c3ccccc23)C1. The van der Waals surface area contributed by atoms with Gasteiger partial charge in [-0.25, -0.2) is 0 Å². The summed E-state index contributed by atoms with van der Waals surface area (Å²) >= 11 is 0. The van der Waals surface area contributed by atoms with Crippen LogP contribution in [-0.2, 0) is 13.5 Å². The molecule has 110 valence electrons. The van der Waals surface area contributed by atoms with Crippen LogP contribution < -0.4 is 0 Å². The molecule has 3 heteroatoms. The fraction of sp³-hybridized carbons (Fsp3) is 0.556. The minimum Gasteiger partial charge on any atom is -0.268 e. The smallest absolute Gasteiger partial charge is 0.0719 e. The molecule has 2 aromatic rings. The van der Waals surface area contributed by atoms with Crippen molar-refractivity contribution < 1.29 is 0 Å². The molecule has 3 nitrogen and oxygen atoms in total. The number of hydrogen-bond donors (Lipinski definition) is 0. The molecule has 1 aromatic heterocycles. The number of nitrogens with zero attached hydrogens (tertiary/aromatic N) is 3. The van der Waals surface area contributed by atoms with Crippen molar-refractivity contribution in [1.82, 2.24) is 9.78 Å². The Hall–Kier alpha value is -1.82. The minimum atomic E-state index is -0.212. The first-order valence-electron chi connectivity index (χ1n) is 7.99. The highest BCUT2D eigenvalue weighted by Gasteiger charge is 2.37. The molecule has 2 unspecified atom stereocenters. The van der Waals surface area contributed by atoms with Gasteiger partial charge in [-0.3, -0.25) is 4.68 Å². The molecule has 1 aliphatic rings. The van der Waals surface area contributed by atoms with Crippen molar-refractivity contribution in [3.8, 4) is 6.07 Å². The summed E-state index contributed by atoms with van der Waals surface area (Å²) in [5.74, 6) is 0.702. The summed E-state index contributed by atoms with van der Waals surface area (Å²) in [5, 5.41) is 15.7. The third-order valence-electron chi connectivity index (χ3n) is 5.10. The van der Waals surface area contributed by atoms with E-state index < -0.39 is 0 Å². The molecule has 0 aliphatic heterocycles. The van der Waals surface area contributed by atoms with Crippen LogP contribution in [0.1, 0.15) is 44.7 Å². The number of hydrogen-bond acceptors (Lipinski definition) is 2. The van der Waals surface area contributed by atoms with Crippen molar-refractivity contribution in [3.05, 3.63) is 30.0 Å². The second-order valence-corrected chi connectivity index (χ2v) is 6.53. The number of rotatable bonds is 3. The lowest BCUT2D eigenvalue weighted by molar-refractivity contribution is 0.193. The lowest BCUT2D eigenvalue weighted by Gasteiger charge is -2.35. The molecular formula is C18H23N3. The van der Waals surface area contributed by atoms with Gasteiger partial charge in [-0.2, -0.15) is 10.4 Å². The molecule has 0 spiro atoms. The Morgan fingerprint density at radius 2 is 2.24 bits per heavy atom. The standard InChI is InChI=1S/C18H23N3/c1-3-14-7-6-10-18(11-14,13-19)12-16-15-8-4-5-9-17(15)21(2)20-16/h4-5,8-9,14H,3,6-7,10-12H2,1-2H3. The molecule has 0 amide bonds. The van der Waals surface area contributed by atoms with Crippen molar-refractivity contribution in [2.24, 2.45) is 18.4 Å². The van der Waals surface area contributed by atoms with Gasteiger partial charge >= 0.3 is 0 Å². The Bertz CT molecular complexity index is 679. The van der Waals surface area contributed by atoms with Crippen molar-refractivity contribution in [2.75, 3.05) is 0 Å².